The van der Waals surface area contributed by atoms with E-state index in [4.69, 9.17) is 9.26 Å². The third kappa shape index (κ3) is 4.68. The standard InChI is InChI=1S/C20H20NO7P/c1-27-10-13(11-28-29(2,25)26)21-20(24)12-7-8-16-17(9-12)19(23)15-6-4-3-5-14(15)18(16)22/h3-9,13H,10-11H2,1-2H3,(H,21,24)(H,25,26)/t13-/m0/s1. The molecule has 29 heavy (non-hydrogen) atoms. The number of carbonyl (C=O) groups is 3. The Kier molecular flexibility index (Phi) is 6.10. The van der Waals surface area contributed by atoms with E-state index in [9.17, 15) is 23.8 Å². The summed E-state index contributed by atoms with van der Waals surface area (Å²) in [7, 11) is -2.29. The number of nitrogens with one attached hydrogen (secondary N) is 1. The second-order valence-electron chi connectivity index (χ2n) is 6.69. The number of hydrogen-bond donors (Lipinski definition) is 2. The highest BCUT2D eigenvalue weighted by Crippen LogP contribution is 2.36. The molecule has 0 spiro atoms. The number of carbonyl (C=O) groups excluding carboxylic acids is 3. The van der Waals surface area contributed by atoms with Crippen molar-refractivity contribution < 1.29 is 33.1 Å². The van der Waals surface area contributed by atoms with Gasteiger partial charge in [-0.25, -0.2) is 0 Å². The molecule has 2 atom stereocenters. The molecule has 1 amide bonds. The van der Waals surface area contributed by atoms with Gasteiger partial charge in [0.2, 0.25) is 0 Å². The molecule has 2 aromatic carbocycles. The van der Waals surface area contributed by atoms with Crippen LogP contribution in [-0.2, 0) is 13.8 Å². The maximum Gasteiger partial charge on any atom is 0.325 e. The van der Waals surface area contributed by atoms with Gasteiger partial charge in [-0.3, -0.25) is 18.9 Å². The van der Waals surface area contributed by atoms with Crippen LogP contribution in [0, 0.1) is 0 Å². The molecule has 0 saturated carbocycles. The fraction of sp³-hybridized carbons (Fsp3) is 0.250. The molecule has 0 heterocycles. The summed E-state index contributed by atoms with van der Waals surface area (Å²) in [6, 6.07) is 10.2. The van der Waals surface area contributed by atoms with Gasteiger partial charge < -0.3 is 19.5 Å². The first-order chi connectivity index (χ1) is 13.7. The minimum Gasteiger partial charge on any atom is -0.382 e. The van der Waals surface area contributed by atoms with E-state index in [0.29, 0.717) is 11.1 Å². The molecule has 2 N–H and O–H groups in total. The van der Waals surface area contributed by atoms with Gasteiger partial charge in [0.15, 0.2) is 11.6 Å². The first-order valence-corrected chi connectivity index (χ1v) is 10.8. The zero-order valence-electron chi connectivity index (χ0n) is 15.9. The van der Waals surface area contributed by atoms with Gasteiger partial charge in [0.1, 0.15) is 0 Å². The largest absolute Gasteiger partial charge is 0.382 e. The number of rotatable bonds is 7. The molecule has 1 aliphatic carbocycles. The summed E-state index contributed by atoms with van der Waals surface area (Å²) in [6.45, 7) is 0.879. The molecule has 2 aromatic rings. The average molecular weight is 417 g/mol. The first kappa shape index (κ1) is 21.1. The van der Waals surface area contributed by atoms with Crippen molar-refractivity contribution in [2.75, 3.05) is 27.0 Å². The van der Waals surface area contributed by atoms with Gasteiger partial charge in [0.05, 0.1) is 19.3 Å². The van der Waals surface area contributed by atoms with Crippen LogP contribution < -0.4 is 5.32 Å². The summed E-state index contributed by atoms with van der Waals surface area (Å²) in [5, 5.41) is 2.64. The van der Waals surface area contributed by atoms with E-state index >= 15 is 0 Å². The zero-order valence-corrected chi connectivity index (χ0v) is 16.8. The van der Waals surface area contributed by atoms with Crippen molar-refractivity contribution in [1.29, 1.82) is 0 Å². The Morgan fingerprint density at radius 1 is 1.03 bits per heavy atom. The third-order valence-electron chi connectivity index (χ3n) is 4.41. The Balaban J connectivity index is 1.83. The van der Waals surface area contributed by atoms with E-state index in [1.54, 1.807) is 24.3 Å². The number of amides is 1. The Hall–Kier alpha value is -2.64. The van der Waals surface area contributed by atoms with Crippen LogP contribution in [0.3, 0.4) is 0 Å². The van der Waals surface area contributed by atoms with Crippen LogP contribution in [0.4, 0.5) is 0 Å². The highest BCUT2D eigenvalue weighted by Gasteiger charge is 2.30. The van der Waals surface area contributed by atoms with Crippen molar-refractivity contribution in [1.82, 2.24) is 5.32 Å². The van der Waals surface area contributed by atoms with Gasteiger partial charge in [-0.1, -0.05) is 24.3 Å². The van der Waals surface area contributed by atoms with E-state index in [1.807, 2.05) is 0 Å². The highest BCUT2D eigenvalue weighted by molar-refractivity contribution is 7.51. The van der Waals surface area contributed by atoms with Gasteiger partial charge in [-0.05, 0) is 18.2 Å². The summed E-state index contributed by atoms with van der Waals surface area (Å²) in [5.41, 5.74) is 1.22. The maximum atomic E-state index is 12.8. The lowest BCUT2D eigenvalue weighted by molar-refractivity contribution is 0.0846. The first-order valence-electron chi connectivity index (χ1n) is 8.78. The molecular formula is C20H20NO7P. The maximum absolute atomic E-state index is 12.8. The van der Waals surface area contributed by atoms with E-state index in [0.717, 1.165) is 6.66 Å². The predicted molar refractivity (Wildman–Crippen MR) is 105 cm³/mol. The minimum absolute atomic E-state index is 0.0570. The van der Waals surface area contributed by atoms with E-state index in [1.165, 1.54) is 25.3 Å². The fourth-order valence-corrected chi connectivity index (χ4v) is 3.53. The second kappa shape index (κ2) is 8.39. The molecule has 1 unspecified atom stereocenters. The third-order valence-corrected chi connectivity index (χ3v) is 5.03. The van der Waals surface area contributed by atoms with E-state index in [2.05, 4.69) is 5.32 Å². The van der Waals surface area contributed by atoms with Crippen LogP contribution in [0.1, 0.15) is 42.2 Å². The monoisotopic (exact) mass is 417 g/mol. The van der Waals surface area contributed by atoms with Crippen molar-refractivity contribution in [3.05, 3.63) is 70.3 Å². The Bertz CT molecular complexity index is 1030. The minimum atomic E-state index is -3.71. The molecule has 8 nitrogen and oxygen atoms in total. The van der Waals surface area contributed by atoms with Crippen molar-refractivity contribution in [2.45, 2.75) is 6.04 Å². The van der Waals surface area contributed by atoms with Gasteiger partial charge in [0.25, 0.3) is 5.91 Å². The Labute approximate surface area is 167 Å². The number of fused-ring (bicyclic) bond motifs is 2. The molecule has 9 heteroatoms. The SMILES string of the molecule is COC[C@@H](COP(C)(=O)O)NC(=O)c1ccc2c(c1)C(=O)c1ccccc1C2=O. The topological polar surface area (TPSA) is 119 Å². The van der Waals surface area contributed by atoms with E-state index in [-0.39, 0.29) is 41.5 Å². The van der Waals surface area contributed by atoms with Crippen LogP contribution in [-0.4, -0.2) is 55.4 Å². The summed E-state index contributed by atoms with van der Waals surface area (Å²) in [4.78, 5) is 47.3. The van der Waals surface area contributed by atoms with Gasteiger partial charge in [-0.15, -0.1) is 0 Å². The lowest BCUT2D eigenvalue weighted by atomic mass is 9.83. The second-order valence-corrected chi connectivity index (χ2v) is 8.55. The molecule has 0 fully saturated rings. The lowest BCUT2D eigenvalue weighted by Gasteiger charge is -2.20. The van der Waals surface area contributed by atoms with Crippen LogP contribution in [0.5, 0.6) is 0 Å². The van der Waals surface area contributed by atoms with Crippen molar-refractivity contribution in [2.24, 2.45) is 0 Å². The molecule has 0 bridgehead atoms. The highest BCUT2D eigenvalue weighted by atomic mass is 31.2. The summed E-state index contributed by atoms with van der Waals surface area (Å²) < 4.78 is 21.2. The number of ether oxygens (including phenoxy) is 1. The molecular weight excluding hydrogens is 397 g/mol. The average Bonchev–Trinajstić information content (AvgIpc) is 2.69. The predicted octanol–water partition coefficient (Wildman–Crippen LogP) is 2.04. The lowest BCUT2D eigenvalue weighted by Crippen LogP contribution is -2.41. The number of benzene rings is 2. The normalized spacial score (nSPS) is 15.8. The van der Waals surface area contributed by atoms with Crippen molar-refractivity contribution in [3.8, 4) is 0 Å². The molecule has 3 rings (SSSR count). The van der Waals surface area contributed by atoms with Crippen LogP contribution in [0.25, 0.3) is 0 Å². The molecule has 0 radical (unpaired) electrons. The Morgan fingerprint density at radius 2 is 1.62 bits per heavy atom. The van der Waals surface area contributed by atoms with Crippen LogP contribution in [0.2, 0.25) is 0 Å². The smallest absolute Gasteiger partial charge is 0.325 e. The number of ketones is 2. The summed E-state index contributed by atoms with van der Waals surface area (Å²) >= 11 is 0. The van der Waals surface area contributed by atoms with Crippen LogP contribution >= 0.6 is 7.60 Å². The molecule has 1 aliphatic rings. The van der Waals surface area contributed by atoms with E-state index < -0.39 is 19.5 Å². The zero-order chi connectivity index (χ0) is 21.2. The Morgan fingerprint density at radius 3 is 2.21 bits per heavy atom. The molecule has 0 saturated heterocycles. The fourth-order valence-electron chi connectivity index (χ4n) is 3.07. The van der Waals surface area contributed by atoms with Gasteiger partial charge in [0, 0.05) is 41.6 Å². The summed E-state index contributed by atoms with van der Waals surface area (Å²) in [5.74, 6) is -1.12. The number of methoxy groups -OCH3 is 1. The van der Waals surface area contributed by atoms with Gasteiger partial charge >= 0.3 is 7.60 Å². The molecule has 152 valence electrons. The molecule has 0 aliphatic heterocycles. The van der Waals surface area contributed by atoms with Gasteiger partial charge in [-0.2, -0.15) is 0 Å². The molecule has 0 aromatic heterocycles. The number of hydrogen-bond acceptors (Lipinski definition) is 6. The quantitative estimate of drug-likeness (QED) is 0.565. The van der Waals surface area contributed by atoms with Crippen LogP contribution in [0.15, 0.2) is 42.5 Å². The summed E-state index contributed by atoms with van der Waals surface area (Å²) in [6.07, 6.45) is 0. The van der Waals surface area contributed by atoms with Crippen molar-refractivity contribution in [3.63, 3.8) is 0 Å². The van der Waals surface area contributed by atoms with Crippen molar-refractivity contribution >= 4 is 25.1 Å².